The number of carbonyl (C=O) groups is 1. The highest BCUT2D eigenvalue weighted by atomic mass is 79.9. The van der Waals surface area contributed by atoms with Gasteiger partial charge in [-0.15, -0.1) is 0 Å². The second kappa shape index (κ2) is 9.62. The van der Waals surface area contributed by atoms with E-state index >= 15 is 0 Å². The summed E-state index contributed by atoms with van der Waals surface area (Å²) < 4.78 is 6.09. The molecule has 1 amide bonds. The smallest absolute Gasteiger partial charge is 0.293 e. The first kappa shape index (κ1) is 22.8. The molecular weight excluding hydrogens is 520 g/mol. The van der Waals surface area contributed by atoms with Crippen molar-refractivity contribution >= 4 is 73.5 Å². The number of nitro groups is 1. The van der Waals surface area contributed by atoms with Crippen molar-refractivity contribution < 1.29 is 14.5 Å². The first-order chi connectivity index (χ1) is 15.3. The topological polar surface area (TPSA) is 88.3 Å². The van der Waals surface area contributed by atoms with Crippen molar-refractivity contribution in [1.29, 1.82) is 0 Å². The van der Waals surface area contributed by atoms with Crippen LogP contribution >= 0.6 is 39.3 Å². The number of anilines is 1. The average molecular weight is 538 g/mol. The van der Waals surface area contributed by atoms with Crippen molar-refractivity contribution in [2.24, 2.45) is 4.99 Å². The van der Waals surface area contributed by atoms with E-state index in [1.165, 1.54) is 22.7 Å². The molecule has 2 saturated heterocycles. The number of amidine groups is 1. The lowest BCUT2D eigenvalue weighted by atomic mass is 10.1. The van der Waals surface area contributed by atoms with Gasteiger partial charge in [0.25, 0.3) is 11.6 Å². The summed E-state index contributed by atoms with van der Waals surface area (Å²) >= 11 is 10.7. The van der Waals surface area contributed by atoms with E-state index in [0.717, 1.165) is 4.47 Å². The summed E-state index contributed by atoms with van der Waals surface area (Å²) in [4.78, 5) is 32.4. The van der Waals surface area contributed by atoms with Gasteiger partial charge in [0, 0.05) is 30.7 Å². The molecule has 32 heavy (non-hydrogen) atoms. The predicted octanol–water partition coefficient (Wildman–Crippen LogP) is 5.08. The van der Waals surface area contributed by atoms with E-state index in [-0.39, 0.29) is 11.6 Å². The SMILES string of the molecule is CN1C(=O)/C(=C\c2ccc(N3CCOCC3)c([N+](=O)[O-])c2)SC1=Nc1ccc(Br)c(Cl)c1. The fraction of sp³-hybridized carbons (Fsp3) is 0.238. The van der Waals surface area contributed by atoms with Crippen LogP contribution in [0, 0.1) is 10.1 Å². The quantitative estimate of drug-likeness (QED) is 0.307. The number of morpholine rings is 1. The predicted molar refractivity (Wildman–Crippen MR) is 131 cm³/mol. The van der Waals surface area contributed by atoms with E-state index in [2.05, 4.69) is 20.9 Å². The maximum absolute atomic E-state index is 12.7. The van der Waals surface area contributed by atoms with Crippen LogP contribution in [0.3, 0.4) is 0 Å². The van der Waals surface area contributed by atoms with Crippen LogP contribution in [0.15, 0.2) is 50.8 Å². The lowest BCUT2D eigenvalue weighted by molar-refractivity contribution is -0.384. The van der Waals surface area contributed by atoms with Crippen molar-refractivity contribution in [2.45, 2.75) is 0 Å². The molecule has 2 aliphatic rings. The second-order valence-corrected chi connectivity index (χ2v) is 9.34. The van der Waals surface area contributed by atoms with Crippen LogP contribution < -0.4 is 4.90 Å². The van der Waals surface area contributed by atoms with Crippen LogP contribution in [-0.4, -0.2) is 54.2 Å². The Labute approximate surface area is 202 Å². The highest BCUT2D eigenvalue weighted by molar-refractivity contribution is 9.10. The van der Waals surface area contributed by atoms with Crippen LogP contribution in [0.1, 0.15) is 5.56 Å². The van der Waals surface area contributed by atoms with Gasteiger partial charge >= 0.3 is 0 Å². The summed E-state index contributed by atoms with van der Waals surface area (Å²) in [6, 6.07) is 10.3. The zero-order valence-electron chi connectivity index (χ0n) is 17.0. The number of benzene rings is 2. The summed E-state index contributed by atoms with van der Waals surface area (Å²) in [7, 11) is 1.64. The first-order valence-corrected chi connectivity index (χ1v) is 11.6. The molecule has 0 aliphatic carbocycles. The van der Waals surface area contributed by atoms with E-state index in [1.807, 2.05) is 4.90 Å². The number of likely N-dealkylation sites (N-methyl/N-ethyl adjacent to an activating group) is 1. The Hall–Kier alpha value is -2.40. The highest BCUT2D eigenvalue weighted by Crippen LogP contribution is 2.36. The third kappa shape index (κ3) is 4.83. The van der Waals surface area contributed by atoms with Crippen LogP contribution in [0.4, 0.5) is 17.1 Å². The largest absolute Gasteiger partial charge is 0.378 e. The van der Waals surface area contributed by atoms with E-state index in [1.54, 1.807) is 43.5 Å². The maximum Gasteiger partial charge on any atom is 0.293 e. The van der Waals surface area contributed by atoms with Crippen molar-refractivity contribution in [3.05, 3.63) is 66.5 Å². The van der Waals surface area contributed by atoms with Gasteiger partial charge in [-0.05, 0) is 63.6 Å². The molecule has 2 aromatic carbocycles. The Morgan fingerprint density at radius 3 is 2.69 bits per heavy atom. The number of nitrogens with zero attached hydrogens (tertiary/aromatic N) is 4. The van der Waals surface area contributed by atoms with Gasteiger partial charge in [-0.25, -0.2) is 4.99 Å². The maximum atomic E-state index is 12.7. The summed E-state index contributed by atoms with van der Waals surface area (Å²) in [5.74, 6) is -0.225. The monoisotopic (exact) mass is 536 g/mol. The summed E-state index contributed by atoms with van der Waals surface area (Å²) in [6.45, 7) is 2.26. The fourth-order valence-corrected chi connectivity index (χ4v) is 4.72. The van der Waals surface area contributed by atoms with Crippen LogP contribution in [0.25, 0.3) is 6.08 Å². The van der Waals surface area contributed by atoms with Gasteiger partial charge in [0.05, 0.1) is 33.8 Å². The molecule has 0 bridgehead atoms. The number of halogens is 2. The minimum atomic E-state index is -0.396. The fourth-order valence-electron chi connectivity index (χ4n) is 3.32. The van der Waals surface area contributed by atoms with Crippen LogP contribution in [-0.2, 0) is 9.53 Å². The summed E-state index contributed by atoms with van der Waals surface area (Å²) in [5, 5.41) is 12.7. The third-order valence-corrected chi connectivity index (χ3v) is 7.27. The molecule has 8 nitrogen and oxygen atoms in total. The summed E-state index contributed by atoms with van der Waals surface area (Å²) in [6.07, 6.45) is 1.65. The van der Waals surface area contributed by atoms with E-state index in [4.69, 9.17) is 16.3 Å². The van der Waals surface area contributed by atoms with E-state index < -0.39 is 4.92 Å². The Balaban J connectivity index is 1.62. The number of hydrogen-bond acceptors (Lipinski definition) is 7. The lowest BCUT2D eigenvalue weighted by Crippen LogP contribution is -2.36. The first-order valence-electron chi connectivity index (χ1n) is 9.66. The number of rotatable bonds is 4. The van der Waals surface area contributed by atoms with Crippen molar-refractivity contribution in [3.63, 3.8) is 0 Å². The van der Waals surface area contributed by atoms with Crippen molar-refractivity contribution in [2.75, 3.05) is 38.3 Å². The van der Waals surface area contributed by atoms with Gasteiger partial charge in [-0.1, -0.05) is 17.7 Å². The van der Waals surface area contributed by atoms with E-state index in [0.29, 0.717) is 58.3 Å². The van der Waals surface area contributed by atoms with Gasteiger partial charge < -0.3 is 9.64 Å². The average Bonchev–Trinajstić information content (AvgIpc) is 3.04. The van der Waals surface area contributed by atoms with Gasteiger partial charge in [-0.2, -0.15) is 0 Å². The number of hydrogen-bond donors (Lipinski definition) is 0. The molecule has 0 radical (unpaired) electrons. The Morgan fingerprint density at radius 1 is 1.25 bits per heavy atom. The standard InChI is InChI=1S/C21H18BrClN4O4S/c1-25-20(28)19(32-21(25)24-14-3-4-15(22)16(23)12-14)11-13-2-5-17(18(10-13)27(29)30)26-6-8-31-9-7-26/h2-5,10-12H,6-9H2,1H3/b19-11+,24-21?. The van der Waals surface area contributed by atoms with Gasteiger partial charge in [-0.3, -0.25) is 19.8 Å². The minimum absolute atomic E-state index is 0.00319. The number of ether oxygens (including phenoxy) is 1. The van der Waals surface area contributed by atoms with Gasteiger partial charge in [0.1, 0.15) is 5.69 Å². The molecule has 2 heterocycles. The molecule has 0 N–H and O–H groups in total. The lowest BCUT2D eigenvalue weighted by Gasteiger charge is -2.28. The number of amides is 1. The Morgan fingerprint density at radius 2 is 2.00 bits per heavy atom. The minimum Gasteiger partial charge on any atom is -0.378 e. The third-order valence-electron chi connectivity index (χ3n) is 4.98. The van der Waals surface area contributed by atoms with Gasteiger partial charge in [0.15, 0.2) is 5.17 Å². The van der Waals surface area contributed by atoms with Crippen molar-refractivity contribution in [3.8, 4) is 0 Å². The molecule has 0 unspecified atom stereocenters. The second-order valence-electron chi connectivity index (χ2n) is 7.07. The Bertz CT molecular complexity index is 1150. The molecule has 0 atom stereocenters. The molecule has 11 heteroatoms. The molecular formula is C21H18BrClN4O4S. The molecule has 0 aromatic heterocycles. The zero-order valence-corrected chi connectivity index (χ0v) is 20.1. The van der Waals surface area contributed by atoms with Gasteiger partial charge in [0.2, 0.25) is 0 Å². The molecule has 2 aliphatic heterocycles. The number of aliphatic imine (C=N–C) groups is 1. The molecule has 2 aromatic rings. The molecule has 0 spiro atoms. The van der Waals surface area contributed by atoms with E-state index in [9.17, 15) is 14.9 Å². The summed E-state index contributed by atoms with van der Waals surface area (Å²) in [5.41, 5.74) is 1.75. The molecule has 2 fully saturated rings. The Kier molecular flexibility index (Phi) is 6.85. The molecule has 166 valence electrons. The van der Waals surface area contributed by atoms with Crippen LogP contribution in [0.5, 0.6) is 0 Å². The number of carbonyl (C=O) groups excluding carboxylic acids is 1. The number of nitro benzene ring substituents is 1. The molecule has 0 saturated carbocycles. The van der Waals surface area contributed by atoms with Crippen molar-refractivity contribution in [1.82, 2.24) is 4.90 Å². The highest BCUT2D eigenvalue weighted by Gasteiger charge is 2.31. The number of thioether (sulfide) groups is 1. The van der Waals surface area contributed by atoms with Crippen LogP contribution in [0.2, 0.25) is 5.02 Å². The normalized spacial score (nSPS) is 19.3. The molecule has 4 rings (SSSR count). The zero-order chi connectivity index (χ0) is 22.8.